The van der Waals surface area contributed by atoms with Gasteiger partial charge < -0.3 is 14.2 Å². The maximum absolute atomic E-state index is 12.8. The lowest BCUT2D eigenvalue weighted by Crippen LogP contribution is -2.30. The summed E-state index contributed by atoms with van der Waals surface area (Å²) in [5.41, 5.74) is 0. The molecule has 0 amide bonds. The fourth-order valence-corrected chi connectivity index (χ4v) is 6.80. The van der Waals surface area contributed by atoms with Crippen molar-refractivity contribution in [3.8, 4) is 0 Å². The van der Waals surface area contributed by atoms with Gasteiger partial charge in [0.05, 0.1) is 0 Å². The first-order valence-corrected chi connectivity index (χ1v) is 28.1. The first-order chi connectivity index (χ1) is 35.5. The van der Waals surface area contributed by atoms with Gasteiger partial charge in [-0.15, -0.1) is 0 Å². The molecule has 0 aromatic rings. The molecular formula is C66H100O6. The Morgan fingerprint density at radius 1 is 0.292 bits per heavy atom. The van der Waals surface area contributed by atoms with Crippen LogP contribution in [0.15, 0.2) is 170 Å². The predicted octanol–water partition coefficient (Wildman–Crippen LogP) is 19.1. The summed E-state index contributed by atoms with van der Waals surface area (Å²) in [5, 5.41) is 0. The molecule has 0 N–H and O–H groups in total. The SMILES string of the molecule is CC/C=C\C/C=C\C/C=C\C/C=C\C/C=C\C/C=C\C/C=C\C/C=C\C/C=C\CCCC(=O)OCC(COC(=O)CCCCCCC/C=C\CCCCC)OC(=O)CC/C=C\C/C=C\C/C=C\C/C=C\CC. The molecule has 1 unspecified atom stereocenters. The molecule has 0 aromatic carbocycles. The zero-order chi connectivity index (χ0) is 52.2. The number of carbonyl (C=O) groups is 3. The third kappa shape index (κ3) is 55.7. The second kappa shape index (κ2) is 58.3. The summed E-state index contributed by atoms with van der Waals surface area (Å²) in [6.45, 7) is 6.23. The summed E-state index contributed by atoms with van der Waals surface area (Å²) in [7, 11) is 0. The minimum atomic E-state index is -0.851. The number of rotatable bonds is 48. The number of esters is 3. The van der Waals surface area contributed by atoms with E-state index < -0.39 is 12.1 Å². The van der Waals surface area contributed by atoms with Crippen LogP contribution in [-0.2, 0) is 28.6 Å². The van der Waals surface area contributed by atoms with Crippen LogP contribution in [0.5, 0.6) is 0 Å². The highest BCUT2D eigenvalue weighted by atomic mass is 16.6. The summed E-state index contributed by atoms with van der Waals surface area (Å²) in [6, 6.07) is 0. The number of allylic oxidation sites excluding steroid dienone is 28. The molecule has 6 nitrogen and oxygen atoms in total. The van der Waals surface area contributed by atoms with Crippen LogP contribution >= 0.6 is 0 Å². The highest BCUT2D eigenvalue weighted by Gasteiger charge is 2.19. The van der Waals surface area contributed by atoms with Crippen molar-refractivity contribution in [1.82, 2.24) is 0 Å². The molecule has 0 spiro atoms. The van der Waals surface area contributed by atoms with Crippen molar-refractivity contribution in [2.45, 2.75) is 213 Å². The highest BCUT2D eigenvalue weighted by Crippen LogP contribution is 2.11. The Morgan fingerprint density at radius 2 is 0.583 bits per heavy atom. The molecule has 0 aliphatic carbocycles. The van der Waals surface area contributed by atoms with E-state index in [0.29, 0.717) is 19.3 Å². The average Bonchev–Trinajstić information content (AvgIpc) is 3.38. The van der Waals surface area contributed by atoms with E-state index in [0.717, 1.165) is 122 Å². The van der Waals surface area contributed by atoms with Crippen LogP contribution in [0.25, 0.3) is 0 Å². The van der Waals surface area contributed by atoms with E-state index in [-0.39, 0.29) is 38.0 Å². The number of hydrogen-bond acceptors (Lipinski definition) is 6. The van der Waals surface area contributed by atoms with Gasteiger partial charge in [-0.1, -0.05) is 223 Å². The number of ether oxygens (including phenoxy) is 3. The summed E-state index contributed by atoms with van der Waals surface area (Å²) in [5.74, 6) is -1.10. The van der Waals surface area contributed by atoms with Crippen LogP contribution in [-0.4, -0.2) is 37.2 Å². The molecule has 0 aliphatic heterocycles. The summed E-state index contributed by atoms with van der Waals surface area (Å²) in [4.78, 5) is 38.0. The smallest absolute Gasteiger partial charge is 0.306 e. The van der Waals surface area contributed by atoms with Gasteiger partial charge in [0.15, 0.2) is 6.10 Å². The molecule has 1 atom stereocenters. The van der Waals surface area contributed by atoms with E-state index in [2.05, 4.69) is 179 Å². The van der Waals surface area contributed by atoms with E-state index in [1.165, 1.54) is 32.1 Å². The van der Waals surface area contributed by atoms with Gasteiger partial charge in [0.1, 0.15) is 13.2 Å². The lowest BCUT2D eigenvalue weighted by atomic mass is 10.1. The molecular weight excluding hydrogens is 889 g/mol. The van der Waals surface area contributed by atoms with E-state index >= 15 is 0 Å². The van der Waals surface area contributed by atoms with Crippen molar-refractivity contribution in [2.75, 3.05) is 13.2 Å². The van der Waals surface area contributed by atoms with Crippen LogP contribution < -0.4 is 0 Å². The van der Waals surface area contributed by atoms with Crippen LogP contribution in [0.4, 0.5) is 0 Å². The van der Waals surface area contributed by atoms with Crippen molar-refractivity contribution in [1.29, 1.82) is 0 Å². The molecule has 0 aromatic heterocycles. The molecule has 0 saturated heterocycles. The van der Waals surface area contributed by atoms with Gasteiger partial charge in [-0.3, -0.25) is 14.4 Å². The first kappa shape index (κ1) is 66.8. The molecule has 0 aliphatic rings. The zero-order valence-electron chi connectivity index (χ0n) is 45.6. The van der Waals surface area contributed by atoms with Gasteiger partial charge in [0.2, 0.25) is 0 Å². The molecule has 0 radical (unpaired) electrons. The number of carbonyl (C=O) groups excluding carboxylic acids is 3. The minimum Gasteiger partial charge on any atom is -0.462 e. The maximum atomic E-state index is 12.8. The lowest BCUT2D eigenvalue weighted by molar-refractivity contribution is -0.166. The van der Waals surface area contributed by atoms with Crippen LogP contribution in [0.2, 0.25) is 0 Å². The molecule has 0 fully saturated rings. The molecule has 0 heterocycles. The largest absolute Gasteiger partial charge is 0.462 e. The predicted molar refractivity (Wildman–Crippen MR) is 311 cm³/mol. The van der Waals surface area contributed by atoms with Crippen molar-refractivity contribution in [3.05, 3.63) is 170 Å². The van der Waals surface area contributed by atoms with Crippen LogP contribution in [0, 0.1) is 0 Å². The summed E-state index contributed by atoms with van der Waals surface area (Å²) < 4.78 is 16.7. The fourth-order valence-electron chi connectivity index (χ4n) is 6.80. The molecule has 0 rings (SSSR count). The van der Waals surface area contributed by atoms with Gasteiger partial charge in [-0.25, -0.2) is 0 Å². The van der Waals surface area contributed by atoms with E-state index in [1.807, 2.05) is 12.2 Å². The number of unbranched alkanes of at least 4 members (excludes halogenated alkanes) is 9. The van der Waals surface area contributed by atoms with Crippen molar-refractivity contribution >= 4 is 17.9 Å². The minimum absolute atomic E-state index is 0.137. The summed E-state index contributed by atoms with van der Waals surface area (Å²) in [6.07, 6.45) is 86.6. The second-order valence-corrected chi connectivity index (χ2v) is 17.7. The Morgan fingerprint density at radius 3 is 0.972 bits per heavy atom. The third-order valence-corrected chi connectivity index (χ3v) is 10.9. The third-order valence-electron chi connectivity index (χ3n) is 10.9. The first-order valence-electron chi connectivity index (χ1n) is 28.1. The van der Waals surface area contributed by atoms with E-state index in [9.17, 15) is 14.4 Å². The van der Waals surface area contributed by atoms with Gasteiger partial charge in [-0.05, 0) is 135 Å². The van der Waals surface area contributed by atoms with E-state index in [1.54, 1.807) is 0 Å². The standard InChI is InChI=1S/C66H100O6/c1-4-7-10-13-16-19-22-25-26-27-28-29-30-31-32-33-34-35-36-37-38-39-40-42-44-47-50-53-56-59-65(68)71-62-63(61-70-64(67)58-55-52-49-46-43-24-21-18-15-12-9-6-3)72-66(69)60-57-54-51-48-45-41-23-20-17-14-11-8-5-2/h7-8,10-11,16-21,25-26,28-29,31-32,34-35,37-38,40-42,45,47,50-51,54,63H,4-6,9,12-15,22-24,27,30,33,36,39,43-44,46,48-49,52-53,55-62H2,1-3H3/b10-7-,11-8-,19-16-,20-17-,21-18-,26-25-,29-28-,32-31-,35-34-,38-37-,42-40-,45-41-,50-47-,54-51-. The molecule has 72 heavy (non-hydrogen) atoms. The molecule has 0 bridgehead atoms. The normalized spacial score (nSPS) is 13.4. The molecule has 400 valence electrons. The fraction of sp³-hybridized carbons (Fsp3) is 0.530. The van der Waals surface area contributed by atoms with Crippen molar-refractivity contribution < 1.29 is 28.6 Å². The van der Waals surface area contributed by atoms with Crippen molar-refractivity contribution in [3.63, 3.8) is 0 Å². The lowest BCUT2D eigenvalue weighted by Gasteiger charge is -2.18. The quantitative estimate of drug-likeness (QED) is 0.0262. The second-order valence-electron chi connectivity index (χ2n) is 17.7. The van der Waals surface area contributed by atoms with Gasteiger partial charge >= 0.3 is 17.9 Å². The molecule has 0 saturated carbocycles. The van der Waals surface area contributed by atoms with Gasteiger partial charge in [-0.2, -0.15) is 0 Å². The van der Waals surface area contributed by atoms with Crippen LogP contribution in [0.1, 0.15) is 207 Å². The Hall–Kier alpha value is -5.23. The van der Waals surface area contributed by atoms with E-state index in [4.69, 9.17) is 14.2 Å². The van der Waals surface area contributed by atoms with Gasteiger partial charge in [0, 0.05) is 19.3 Å². The highest BCUT2D eigenvalue weighted by molar-refractivity contribution is 5.71. The van der Waals surface area contributed by atoms with Gasteiger partial charge in [0.25, 0.3) is 0 Å². The monoisotopic (exact) mass is 989 g/mol. The molecule has 6 heteroatoms. The topological polar surface area (TPSA) is 78.9 Å². The summed E-state index contributed by atoms with van der Waals surface area (Å²) >= 11 is 0. The van der Waals surface area contributed by atoms with Crippen LogP contribution in [0.3, 0.4) is 0 Å². The van der Waals surface area contributed by atoms with Crippen molar-refractivity contribution in [2.24, 2.45) is 0 Å². The maximum Gasteiger partial charge on any atom is 0.306 e. The Labute approximate surface area is 441 Å². The Kier molecular flexibility index (Phi) is 54.1. The Balaban J connectivity index is 4.48. The average molecular weight is 990 g/mol. The Bertz CT molecular complexity index is 1700. The zero-order valence-corrected chi connectivity index (χ0v) is 45.6. The number of hydrogen-bond donors (Lipinski definition) is 0.